The van der Waals surface area contributed by atoms with Crippen molar-refractivity contribution in [2.75, 3.05) is 6.54 Å². The van der Waals surface area contributed by atoms with E-state index in [1.165, 1.54) is 12.1 Å². The average molecular weight is 429 g/mol. The van der Waals surface area contributed by atoms with Crippen molar-refractivity contribution in [1.82, 2.24) is 5.32 Å². The third-order valence-electron chi connectivity index (χ3n) is 4.76. The monoisotopic (exact) mass is 429 g/mol. The molecule has 1 N–H and O–H groups in total. The molecule has 2 aromatic carbocycles. The lowest BCUT2D eigenvalue weighted by Crippen LogP contribution is -2.26. The van der Waals surface area contributed by atoms with Gasteiger partial charge in [-0.2, -0.15) is 0 Å². The average Bonchev–Trinajstić information content (AvgIpc) is 2.70. The van der Waals surface area contributed by atoms with Gasteiger partial charge in [-0.3, -0.25) is 9.59 Å². The lowest BCUT2D eigenvalue weighted by molar-refractivity contribution is -0.134. The summed E-state index contributed by atoms with van der Waals surface area (Å²) in [5.74, 6) is -2.63. The zero-order chi connectivity index (χ0) is 22.5. The Morgan fingerprint density at radius 3 is 2.61 bits per heavy atom. The van der Waals surface area contributed by atoms with Gasteiger partial charge < -0.3 is 14.5 Å². The topological polar surface area (TPSA) is 85.6 Å². The number of carbonyl (C=O) groups is 2. The molecule has 0 spiro atoms. The summed E-state index contributed by atoms with van der Waals surface area (Å²) in [6.07, 6.45) is 0.873. The summed E-state index contributed by atoms with van der Waals surface area (Å²) >= 11 is 0. The lowest BCUT2D eigenvalue weighted by Gasteiger charge is -2.11. The Hall–Kier alpha value is -3.55. The van der Waals surface area contributed by atoms with Crippen molar-refractivity contribution in [3.8, 4) is 5.75 Å². The summed E-state index contributed by atoms with van der Waals surface area (Å²) in [6, 6.07) is 7.44. The number of rotatable bonds is 7. The van der Waals surface area contributed by atoms with Crippen LogP contribution in [0.1, 0.15) is 41.3 Å². The molecule has 1 amide bonds. The van der Waals surface area contributed by atoms with Crippen LogP contribution in [0.2, 0.25) is 0 Å². The van der Waals surface area contributed by atoms with Gasteiger partial charge in [0, 0.05) is 36.6 Å². The van der Waals surface area contributed by atoms with Crippen LogP contribution in [0, 0.1) is 18.6 Å². The van der Waals surface area contributed by atoms with Crippen LogP contribution in [0.25, 0.3) is 11.0 Å². The highest BCUT2D eigenvalue weighted by Gasteiger charge is 2.14. The van der Waals surface area contributed by atoms with E-state index in [1.807, 2.05) is 13.0 Å². The largest absolute Gasteiger partial charge is 0.426 e. The molecule has 1 aromatic heterocycles. The number of halogens is 2. The molecule has 0 fully saturated rings. The molecule has 6 nitrogen and oxygen atoms in total. The van der Waals surface area contributed by atoms with E-state index in [-0.39, 0.29) is 24.9 Å². The number of benzene rings is 2. The van der Waals surface area contributed by atoms with Gasteiger partial charge in [0.25, 0.3) is 5.91 Å². The molecule has 3 rings (SSSR count). The van der Waals surface area contributed by atoms with Gasteiger partial charge in [0.15, 0.2) is 0 Å². The summed E-state index contributed by atoms with van der Waals surface area (Å²) in [5.41, 5.74) is 1.13. The highest BCUT2D eigenvalue weighted by Crippen LogP contribution is 2.28. The van der Waals surface area contributed by atoms with Gasteiger partial charge in [-0.05, 0) is 49.1 Å². The first-order valence-electron chi connectivity index (χ1n) is 9.79. The van der Waals surface area contributed by atoms with E-state index in [0.717, 1.165) is 28.6 Å². The molecule has 0 aliphatic carbocycles. The number of nitrogens with one attached hydrogen (secondary N) is 1. The van der Waals surface area contributed by atoms with E-state index in [9.17, 15) is 23.2 Å². The van der Waals surface area contributed by atoms with Crippen LogP contribution in [0.4, 0.5) is 8.78 Å². The standard InChI is InChI=1S/C23H21F2NO5/c1-3-14-10-17-13(2)9-22(28)31-20(17)12-19(14)30-21(27)5-4-8-26-23(29)16-7-6-15(24)11-18(16)25/h6-7,9-12H,3-5,8H2,1-2H3,(H,26,29). The summed E-state index contributed by atoms with van der Waals surface area (Å²) in [7, 11) is 0. The van der Waals surface area contributed by atoms with E-state index in [4.69, 9.17) is 9.15 Å². The summed E-state index contributed by atoms with van der Waals surface area (Å²) in [5, 5.41) is 3.25. The number of carbonyl (C=O) groups excluding carboxylic acids is 2. The van der Waals surface area contributed by atoms with Gasteiger partial charge in [-0.15, -0.1) is 0 Å². The van der Waals surface area contributed by atoms with Gasteiger partial charge in [0.05, 0.1) is 5.56 Å². The van der Waals surface area contributed by atoms with Gasteiger partial charge in [-0.1, -0.05) is 6.92 Å². The van der Waals surface area contributed by atoms with Crippen molar-refractivity contribution in [3.05, 3.63) is 75.1 Å². The van der Waals surface area contributed by atoms with Crippen LogP contribution >= 0.6 is 0 Å². The van der Waals surface area contributed by atoms with Crippen LogP contribution in [0.15, 0.2) is 45.6 Å². The first-order chi connectivity index (χ1) is 14.8. The molecule has 1 heterocycles. The molecule has 0 atom stereocenters. The molecule has 0 unspecified atom stereocenters. The molecular formula is C23H21F2NO5. The first kappa shape index (κ1) is 22.1. The van der Waals surface area contributed by atoms with Crippen LogP contribution in [-0.2, 0) is 11.2 Å². The normalized spacial score (nSPS) is 10.8. The number of fused-ring (bicyclic) bond motifs is 1. The molecule has 0 radical (unpaired) electrons. The molecule has 0 saturated carbocycles. The smallest absolute Gasteiger partial charge is 0.336 e. The van der Waals surface area contributed by atoms with Gasteiger partial charge in [0.2, 0.25) is 0 Å². The minimum atomic E-state index is -0.956. The zero-order valence-corrected chi connectivity index (χ0v) is 17.1. The number of hydrogen-bond donors (Lipinski definition) is 1. The molecule has 8 heteroatoms. The maximum Gasteiger partial charge on any atom is 0.336 e. The highest BCUT2D eigenvalue weighted by atomic mass is 19.1. The van der Waals surface area contributed by atoms with Crippen molar-refractivity contribution in [2.45, 2.75) is 33.1 Å². The van der Waals surface area contributed by atoms with E-state index in [2.05, 4.69) is 5.32 Å². The maximum atomic E-state index is 13.6. The van der Waals surface area contributed by atoms with Crippen molar-refractivity contribution in [2.24, 2.45) is 0 Å². The van der Waals surface area contributed by atoms with Crippen LogP contribution in [-0.4, -0.2) is 18.4 Å². The predicted molar refractivity (Wildman–Crippen MR) is 110 cm³/mol. The summed E-state index contributed by atoms with van der Waals surface area (Å²) in [4.78, 5) is 35.8. The Balaban J connectivity index is 1.59. The van der Waals surface area contributed by atoms with Crippen LogP contribution < -0.4 is 15.7 Å². The second kappa shape index (κ2) is 9.51. The van der Waals surface area contributed by atoms with Crippen LogP contribution in [0.3, 0.4) is 0 Å². The minimum absolute atomic E-state index is 0.00510. The molecule has 162 valence electrons. The van der Waals surface area contributed by atoms with Gasteiger partial charge >= 0.3 is 11.6 Å². The first-order valence-corrected chi connectivity index (χ1v) is 9.79. The Bertz CT molecular complexity index is 1200. The fourth-order valence-electron chi connectivity index (χ4n) is 3.14. The molecular weight excluding hydrogens is 408 g/mol. The van der Waals surface area contributed by atoms with E-state index < -0.39 is 29.1 Å². The molecule has 31 heavy (non-hydrogen) atoms. The molecule has 0 aliphatic rings. The van der Waals surface area contributed by atoms with Crippen molar-refractivity contribution in [3.63, 3.8) is 0 Å². The van der Waals surface area contributed by atoms with E-state index in [1.54, 1.807) is 6.92 Å². The number of amides is 1. The summed E-state index contributed by atoms with van der Waals surface area (Å²) < 4.78 is 37.2. The highest BCUT2D eigenvalue weighted by molar-refractivity contribution is 5.94. The third kappa shape index (κ3) is 5.33. The Labute approximate surface area is 176 Å². The number of esters is 1. The van der Waals surface area contributed by atoms with Crippen molar-refractivity contribution >= 4 is 22.8 Å². The van der Waals surface area contributed by atoms with Gasteiger partial charge in [0.1, 0.15) is 23.0 Å². The van der Waals surface area contributed by atoms with E-state index in [0.29, 0.717) is 23.8 Å². The minimum Gasteiger partial charge on any atom is -0.426 e. The predicted octanol–water partition coefficient (Wildman–Crippen LogP) is 4.06. The molecule has 0 aliphatic heterocycles. The summed E-state index contributed by atoms with van der Waals surface area (Å²) in [6.45, 7) is 3.82. The Morgan fingerprint density at radius 1 is 1.13 bits per heavy atom. The molecule has 3 aromatic rings. The second-order valence-corrected chi connectivity index (χ2v) is 7.02. The molecule has 0 saturated heterocycles. The number of ether oxygens (including phenoxy) is 1. The number of aryl methyl sites for hydroxylation is 2. The quantitative estimate of drug-likeness (QED) is 0.265. The Kier molecular flexibility index (Phi) is 6.79. The number of hydrogen-bond acceptors (Lipinski definition) is 5. The fourth-order valence-corrected chi connectivity index (χ4v) is 3.14. The maximum absolute atomic E-state index is 13.6. The van der Waals surface area contributed by atoms with Gasteiger partial charge in [-0.25, -0.2) is 13.6 Å². The lowest BCUT2D eigenvalue weighted by atomic mass is 10.1. The SMILES string of the molecule is CCc1cc2c(C)cc(=O)oc2cc1OC(=O)CCCNC(=O)c1ccc(F)cc1F. The fraction of sp³-hybridized carbons (Fsp3) is 0.261. The Morgan fingerprint density at radius 2 is 1.90 bits per heavy atom. The van der Waals surface area contributed by atoms with E-state index >= 15 is 0 Å². The zero-order valence-electron chi connectivity index (χ0n) is 17.1. The van der Waals surface area contributed by atoms with Crippen LogP contribution in [0.5, 0.6) is 5.75 Å². The molecule has 0 bridgehead atoms. The van der Waals surface area contributed by atoms with Crippen molar-refractivity contribution < 1.29 is 27.5 Å². The van der Waals surface area contributed by atoms with Crippen molar-refractivity contribution in [1.29, 1.82) is 0 Å². The third-order valence-corrected chi connectivity index (χ3v) is 4.76. The second-order valence-electron chi connectivity index (χ2n) is 7.02.